The maximum atomic E-state index is 6.13. The Labute approximate surface area is 92.5 Å². The first kappa shape index (κ1) is 11.4. The van der Waals surface area contributed by atoms with Crippen LogP contribution in [-0.4, -0.2) is 37.5 Å². The number of piperidine rings is 1. The largest absolute Gasteiger partial charge is 0.378 e. The van der Waals surface area contributed by atoms with Crippen molar-refractivity contribution in [2.24, 2.45) is 0 Å². The number of hydrogen-bond donors (Lipinski definition) is 1. The number of fused-ring (bicyclic) bond motifs is 2. The molecule has 0 aromatic heterocycles. The van der Waals surface area contributed by atoms with Crippen molar-refractivity contribution in [2.45, 2.75) is 63.8 Å². The molecule has 2 atom stereocenters. The molecule has 0 amide bonds. The smallest absolute Gasteiger partial charge is 0.0621 e. The van der Waals surface area contributed by atoms with Crippen molar-refractivity contribution in [3.8, 4) is 0 Å². The molecule has 2 heterocycles. The van der Waals surface area contributed by atoms with Gasteiger partial charge in [0.25, 0.3) is 0 Å². The summed E-state index contributed by atoms with van der Waals surface area (Å²) in [5, 5.41) is 3.59. The molecule has 2 bridgehead atoms. The molecule has 88 valence electrons. The Hall–Kier alpha value is -0.120. The molecule has 2 unspecified atom stereocenters. The Morgan fingerprint density at radius 1 is 1.20 bits per heavy atom. The third-order valence-corrected chi connectivity index (χ3v) is 3.50. The zero-order valence-electron chi connectivity index (χ0n) is 9.87. The molecular formula is C12H23NO2. The second-order valence-corrected chi connectivity index (χ2v) is 4.77. The summed E-state index contributed by atoms with van der Waals surface area (Å²) in [4.78, 5) is 0. The predicted molar refractivity (Wildman–Crippen MR) is 60.0 cm³/mol. The number of ether oxygens (including phenoxy) is 2. The van der Waals surface area contributed by atoms with E-state index in [0.717, 1.165) is 38.9 Å². The number of hydrogen-bond acceptors (Lipinski definition) is 3. The van der Waals surface area contributed by atoms with E-state index in [4.69, 9.17) is 9.47 Å². The van der Waals surface area contributed by atoms with Crippen LogP contribution in [0.4, 0.5) is 0 Å². The number of nitrogens with one attached hydrogen (secondary N) is 1. The lowest BCUT2D eigenvalue weighted by molar-refractivity contribution is -0.0785. The minimum Gasteiger partial charge on any atom is -0.378 e. The number of morpholine rings is 1. The van der Waals surface area contributed by atoms with Gasteiger partial charge in [0.15, 0.2) is 0 Å². The summed E-state index contributed by atoms with van der Waals surface area (Å²) >= 11 is 0. The summed E-state index contributed by atoms with van der Waals surface area (Å²) in [7, 11) is 0. The summed E-state index contributed by atoms with van der Waals surface area (Å²) < 4.78 is 11.7. The van der Waals surface area contributed by atoms with Gasteiger partial charge in [0.2, 0.25) is 0 Å². The van der Waals surface area contributed by atoms with E-state index in [-0.39, 0.29) is 0 Å². The van der Waals surface area contributed by atoms with Crippen molar-refractivity contribution in [1.82, 2.24) is 5.32 Å². The van der Waals surface area contributed by atoms with Gasteiger partial charge in [-0.2, -0.15) is 0 Å². The standard InChI is InChI=1S/C12H23NO2/c1-3-11(4-2)15-12-5-9-7-14-8-10(6-12)13-9/h9-13H,3-8H2,1-2H3. The van der Waals surface area contributed by atoms with Crippen LogP contribution in [0.3, 0.4) is 0 Å². The molecule has 3 nitrogen and oxygen atoms in total. The van der Waals surface area contributed by atoms with Crippen LogP contribution in [0.15, 0.2) is 0 Å². The summed E-state index contributed by atoms with van der Waals surface area (Å²) in [6, 6.07) is 1.05. The van der Waals surface area contributed by atoms with Gasteiger partial charge in [-0.1, -0.05) is 13.8 Å². The van der Waals surface area contributed by atoms with Gasteiger partial charge in [0.1, 0.15) is 0 Å². The summed E-state index contributed by atoms with van der Waals surface area (Å²) in [5.41, 5.74) is 0. The first-order chi connectivity index (χ1) is 7.31. The fraction of sp³-hybridized carbons (Fsp3) is 1.00. The van der Waals surface area contributed by atoms with Crippen LogP contribution in [-0.2, 0) is 9.47 Å². The van der Waals surface area contributed by atoms with E-state index < -0.39 is 0 Å². The second-order valence-electron chi connectivity index (χ2n) is 4.77. The molecule has 0 spiro atoms. The molecule has 1 N–H and O–H groups in total. The van der Waals surface area contributed by atoms with Crippen LogP contribution in [0.1, 0.15) is 39.5 Å². The van der Waals surface area contributed by atoms with Crippen molar-refractivity contribution in [1.29, 1.82) is 0 Å². The van der Waals surface area contributed by atoms with Crippen molar-refractivity contribution < 1.29 is 9.47 Å². The van der Waals surface area contributed by atoms with Gasteiger partial charge in [-0.25, -0.2) is 0 Å². The minimum atomic E-state index is 0.453. The van der Waals surface area contributed by atoms with Gasteiger partial charge < -0.3 is 14.8 Å². The Bertz CT molecular complexity index is 182. The van der Waals surface area contributed by atoms with E-state index in [0.29, 0.717) is 24.3 Å². The fourth-order valence-electron chi connectivity index (χ4n) is 2.65. The minimum absolute atomic E-state index is 0.453. The van der Waals surface area contributed by atoms with E-state index >= 15 is 0 Å². The number of rotatable bonds is 4. The molecule has 2 aliphatic heterocycles. The molecule has 0 aliphatic carbocycles. The Balaban J connectivity index is 1.83. The van der Waals surface area contributed by atoms with Crippen LogP contribution in [0.25, 0.3) is 0 Å². The molecule has 2 aliphatic rings. The van der Waals surface area contributed by atoms with E-state index in [1.54, 1.807) is 0 Å². The molecule has 0 aromatic rings. The van der Waals surface area contributed by atoms with Gasteiger partial charge in [0, 0.05) is 12.1 Å². The SMILES string of the molecule is CCC(CC)OC1CC2COCC(C1)N2. The average molecular weight is 213 g/mol. The molecule has 15 heavy (non-hydrogen) atoms. The summed E-state index contributed by atoms with van der Waals surface area (Å²) in [6.45, 7) is 6.14. The van der Waals surface area contributed by atoms with Crippen LogP contribution in [0.5, 0.6) is 0 Å². The zero-order valence-corrected chi connectivity index (χ0v) is 9.87. The predicted octanol–water partition coefficient (Wildman–Crippen LogP) is 1.71. The highest BCUT2D eigenvalue weighted by molar-refractivity contribution is 4.89. The van der Waals surface area contributed by atoms with Crippen molar-refractivity contribution in [3.05, 3.63) is 0 Å². The second kappa shape index (κ2) is 5.28. The Kier molecular flexibility index (Phi) is 4.00. The monoisotopic (exact) mass is 213 g/mol. The van der Waals surface area contributed by atoms with Crippen molar-refractivity contribution >= 4 is 0 Å². The molecule has 2 rings (SSSR count). The third kappa shape index (κ3) is 2.92. The quantitative estimate of drug-likeness (QED) is 0.771. The molecule has 2 saturated heterocycles. The van der Waals surface area contributed by atoms with E-state index in [1.807, 2.05) is 0 Å². The lowest BCUT2D eigenvalue weighted by Crippen LogP contribution is -2.56. The first-order valence-corrected chi connectivity index (χ1v) is 6.31. The van der Waals surface area contributed by atoms with E-state index in [1.165, 1.54) is 0 Å². The molecule has 3 heteroatoms. The maximum Gasteiger partial charge on any atom is 0.0621 e. The van der Waals surface area contributed by atoms with Gasteiger partial charge in [-0.05, 0) is 25.7 Å². The molecule has 0 radical (unpaired) electrons. The molecular weight excluding hydrogens is 190 g/mol. The van der Waals surface area contributed by atoms with Crippen molar-refractivity contribution in [2.75, 3.05) is 13.2 Å². The highest BCUT2D eigenvalue weighted by Crippen LogP contribution is 2.23. The maximum absolute atomic E-state index is 6.13. The Morgan fingerprint density at radius 3 is 2.33 bits per heavy atom. The molecule has 2 fully saturated rings. The summed E-state index contributed by atoms with van der Waals surface area (Å²) in [6.07, 6.45) is 5.41. The van der Waals surface area contributed by atoms with E-state index in [2.05, 4.69) is 19.2 Å². The average Bonchev–Trinajstić information content (AvgIpc) is 2.25. The summed E-state index contributed by atoms with van der Waals surface area (Å²) in [5.74, 6) is 0. The zero-order chi connectivity index (χ0) is 10.7. The molecule has 0 aromatic carbocycles. The highest BCUT2D eigenvalue weighted by atomic mass is 16.5. The van der Waals surface area contributed by atoms with Gasteiger partial charge in [-0.15, -0.1) is 0 Å². The Morgan fingerprint density at radius 2 is 1.80 bits per heavy atom. The lowest BCUT2D eigenvalue weighted by atomic mass is 9.94. The topological polar surface area (TPSA) is 30.5 Å². The molecule has 0 saturated carbocycles. The van der Waals surface area contributed by atoms with Gasteiger partial charge in [-0.3, -0.25) is 0 Å². The highest BCUT2D eigenvalue weighted by Gasteiger charge is 2.32. The first-order valence-electron chi connectivity index (χ1n) is 6.31. The van der Waals surface area contributed by atoms with Crippen LogP contribution in [0.2, 0.25) is 0 Å². The van der Waals surface area contributed by atoms with Gasteiger partial charge in [0.05, 0.1) is 25.4 Å². The lowest BCUT2D eigenvalue weighted by Gasteiger charge is -2.40. The third-order valence-electron chi connectivity index (χ3n) is 3.50. The fourth-order valence-corrected chi connectivity index (χ4v) is 2.65. The van der Waals surface area contributed by atoms with Crippen molar-refractivity contribution in [3.63, 3.8) is 0 Å². The van der Waals surface area contributed by atoms with Crippen LogP contribution in [0, 0.1) is 0 Å². The van der Waals surface area contributed by atoms with E-state index in [9.17, 15) is 0 Å². The van der Waals surface area contributed by atoms with Crippen LogP contribution < -0.4 is 5.32 Å². The van der Waals surface area contributed by atoms with Crippen LogP contribution >= 0.6 is 0 Å². The van der Waals surface area contributed by atoms with Gasteiger partial charge >= 0.3 is 0 Å². The normalized spacial score (nSPS) is 35.8.